The van der Waals surface area contributed by atoms with Gasteiger partial charge in [-0.15, -0.1) is 0 Å². The van der Waals surface area contributed by atoms with Crippen LogP contribution < -0.4 is 11.1 Å². The Balaban J connectivity index is 1.56. The Bertz CT molecular complexity index is 819. The first-order valence-electron chi connectivity index (χ1n) is 8.48. The fourth-order valence-electron chi connectivity index (χ4n) is 3.76. The van der Waals surface area contributed by atoms with E-state index in [1.165, 1.54) is 4.57 Å². The SMILES string of the molecule is Cn1c(=O)oc2c(C(=O)N3CCC(N4CCNCC4)C3)cccc21. The maximum absolute atomic E-state index is 12.9. The third-order valence-corrected chi connectivity index (χ3v) is 5.17. The molecule has 2 aromatic rings. The quantitative estimate of drug-likeness (QED) is 0.855. The van der Waals surface area contributed by atoms with Crippen molar-refractivity contribution in [1.82, 2.24) is 19.7 Å². The van der Waals surface area contributed by atoms with Crippen molar-refractivity contribution >= 4 is 17.0 Å². The number of hydrogen-bond acceptors (Lipinski definition) is 5. The Kier molecular flexibility index (Phi) is 3.90. The Hall–Kier alpha value is -2.12. The number of benzene rings is 1. The Labute approximate surface area is 139 Å². The highest BCUT2D eigenvalue weighted by Crippen LogP contribution is 2.23. The van der Waals surface area contributed by atoms with Crippen LogP contribution in [0.1, 0.15) is 16.8 Å². The molecule has 2 saturated heterocycles. The number of aromatic nitrogens is 1. The standard InChI is InChI=1S/C17H22N4O3/c1-19-14-4-2-3-13(15(14)24-17(19)23)16(22)21-8-5-12(11-21)20-9-6-18-7-10-20/h2-4,12,18H,5-11H2,1H3. The van der Waals surface area contributed by atoms with Crippen molar-refractivity contribution in [3.8, 4) is 0 Å². The van der Waals surface area contributed by atoms with Gasteiger partial charge in [0.05, 0.1) is 11.1 Å². The van der Waals surface area contributed by atoms with Gasteiger partial charge in [-0.25, -0.2) is 4.79 Å². The van der Waals surface area contributed by atoms with Crippen LogP contribution >= 0.6 is 0 Å². The second kappa shape index (κ2) is 6.07. The maximum atomic E-state index is 12.9. The van der Waals surface area contributed by atoms with Gasteiger partial charge in [-0.3, -0.25) is 14.3 Å². The molecule has 24 heavy (non-hydrogen) atoms. The first kappa shape index (κ1) is 15.4. The molecule has 128 valence electrons. The van der Waals surface area contributed by atoms with Crippen LogP contribution in [0.4, 0.5) is 0 Å². The van der Waals surface area contributed by atoms with E-state index in [0.717, 1.165) is 45.7 Å². The molecule has 0 radical (unpaired) electrons. The zero-order valence-corrected chi connectivity index (χ0v) is 13.8. The van der Waals surface area contributed by atoms with Crippen molar-refractivity contribution in [2.75, 3.05) is 39.3 Å². The van der Waals surface area contributed by atoms with E-state index in [-0.39, 0.29) is 5.91 Å². The lowest BCUT2D eigenvalue weighted by atomic mass is 10.1. The Morgan fingerprint density at radius 3 is 2.83 bits per heavy atom. The third kappa shape index (κ3) is 2.53. The van der Waals surface area contributed by atoms with Gasteiger partial charge in [0.15, 0.2) is 5.58 Å². The molecule has 1 amide bonds. The van der Waals surface area contributed by atoms with Crippen molar-refractivity contribution in [3.63, 3.8) is 0 Å². The number of likely N-dealkylation sites (tertiary alicyclic amines) is 1. The van der Waals surface area contributed by atoms with Crippen molar-refractivity contribution in [2.45, 2.75) is 12.5 Å². The largest absolute Gasteiger partial charge is 0.419 e. The van der Waals surface area contributed by atoms with Crippen LogP contribution in [0.5, 0.6) is 0 Å². The highest BCUT2D eigenvalue weighted by Gasteiger charge is 2.32. The maximum Gasteiger partial charge on any atom is 0.419 e. The highest BCUT2D eigenvalue weighted by molar-refractivity contribution is 6.04. The molecule has 4 rings (SSSR count). The van der Waals surface area contributed by atoms with E-state index in [4.69, 9.17) is 4.42 Å². The van der Waals surface area contributed by atoms with Crippen LogP contribution in [0.15, 0.2) is 27.4 Å². The molecule has 2 aliphatic heterocycles. The van der Waals surface area contributed by atoms with Gasteiger partial charge in [0.1, 0.15) is 0 Å². The molecular weight excluding hydrogens is 308 g/mol. The number of hydrogen-bond donors (Lipinski definition) is 1. The van der Waals surface area contributed by atoms with Crippen LogP contribution in [0, 0.1) is 0 Å². The lowest BCUT2D eigenvalue weighted by Gasteiger charge is -2.32. The summed E-state index contributed by atoms with van der Waals surface area (Å²) in [7, 11) is 1.65. The number of carbonyl (C=O) groups is 1. The second-order valence-electron chi connectivity index (χ2n) is 6.56. The summed E-state index contributed by atoms with van der Waals surface area (Å²) >= 11 is 0. The zero-order valence-electron chi connectivity index (χ0n) is 13.8. The van der Waals surface area contributed by atoms with Crippen LogP contribution in [0.2, 0.25) is 0 Å². The van der Waals surface area contributed by atoms with Crippen LogP contribution in [0.3, 0.4) is 0 Å². The monoisotopic (exact) mass is 330 g/mol. The van der Waals surface area contributed by atoms with Gasteiger partial charge < -0.3 is 14.6 Å². The number of fused-ring (bicyclic) bond motifs is 1. The van der Waals surface area contributed by atoms with Gasteiger partial charge in [0, 0.05) is 52.4 Å². The first-order chi connectivity index (χ1) is 11.6. The summed E-state index contributed by atoms with van der Waals surface area (Å²) in [5, 5.41) is 3.36. The number of rotatable bonds is 2. The van der Waals surface area contributed by atoms with Crippen molar-refractivity contribution in [1.29, 1.82) is 0 Å². The molecule has 7 heteroatoms. The number of nitrogens with one attached hydrogen (secondary N) is 1. The van der Waals surface area contributed by atoms with Crippen LogP contribution in [0.25, 0.3) is 11.1 Å². The molecule has 0 bridgehead atoms. The minimum atomic E-state index is -0.439. The van der Waals surface area contributed by atoms with E-state index < -0.39 is 5.76 Å². The number of aryl methyl sites for hydroxylation is 1. The van der Waals surface area contributed by atoms with E-state index in [0.29, 0.717) is 22.7 Å². The smallest absolute Gasteiger partial charge is 0.407 e. The number of oxazole rings is 1. The highest BCUT2D eigenvalue weighted by atomic mass is 16.4. The van der Waals surface area contributed by atoms with Crippen LogP contribution in [-0.2, 0) is 7.05 Å². The number of piperazine rings is 1. The molecule has 1 atom stereocenters. The summed E-state index contributed by atoms with van der Waals surface area (Å²) in [5.41, 5.74) is 1.52. The number of amides is 1. The minimum Gasteiger partial charge on any atom is -0.407 e. The summed E-state index contributed by atoms with van der Waals surface area (Å²) in [5.74, 6) is -0.488. The summed E-state index contributed by atoms with van der Waals surface area (Å²) in [6.07, 6.45) is 1.00. The summed E-state index contributed by atoms with van der Waals surface area (Å²) < 4.78 is 6.73. The predicted molar refractivity (Wildman–Crippen MR) is 90.2 cm³/mol. The fourth-order valence-corrected chi connectivity index (χ4v) is 3.76. The fraction of sp³-hybridized carbons (Fsp3) is 0.529. The van der Waals surface area contributed by atoms with E-state index in [1.807, 2.05) is 4.90 Å². The van der Waals surface area contributed by atoms with E-state index in [2.05, 4.69) is 10.2 Å². The average Bonchev–Trinajstić information content (AvgIpc) is 3.21. The summed E-state index contributed by atoms with van der Waals surface area (Å²) in [4.78, 5) is 29.0. The average molecular weight is 330 g/mol. The number of carbonyl (C=O) groups excluding carboxylic acids is 1. The molecule has 1 aromatic carbocycles. The van der Waals surface area contributed by atoms with Gasteiger partial charge >= 0.3 is 5.76 Å². The lowest BCUT2D eigenvalue weighted by Crippen LogP contribution is -2.49. The number of para-hydroxylation sites is 1. The number of nitrogens with zero attached hydrogens (tertiary/aromatic N) is 3. The molecule has 1 aromatic heterocycles. The zero-order chi connectivity index (χ0) is 16.7. The van der Waals surface area contributed by atoms with Crippen molar-refractivity contribution < 1.29 is 9.21 Å². The van der Waals surface area contributed by atoms with Gasteiger partial charge in [-0.2, -0.15) is 0 Å². The first-order valence-corrected chi connectivity index (χ1v) is 8.48. The molecule has 0 spiro atoms. The topological polar surface area (TPSA) is 70.7 Å². The summed E-state index contributed by atoms with van der Waals surface area (Å²) in [6.45, 7) is 5.59. The molecule has 3 heterocycles. The molecule has 1 unspecified atom stereocenters. The minimum absolute atomic E-state index is 0.0485. The van der Waals surface area contributed by atoms with Crippen LogP contribution in [-0.4, -0.2) is 65.6 Å². The molecule has 1 N–H and O–H groups in total. The van der Waals surface area contributed by atoms with E-state index >= 15 is 0 Å². The molecule has 0 aliphatic carbocycles. The lowest BCUT2D eigenvalue weighted by molar-refractivity contribution is 0.0774. The van der Waals surface area contributed by atoms with Gasteiger partial charge in [-0.1, -0.05) is 6.07 Å². The van der Waals surface area contributed by atoms with Crippen molar-refractivity contribution in [2.24, 2.45) is 7.05 Å². The van der Waals surface area contributed by atoms with Gasteiger partial charge in [-0.05, 0) is 18.6 Å². The summed E-state index contributed by atoms with van der Waals surface area (Å²) in [6, 6.07) is 5.77. The van der Waals surface area contributed by atoms with Crippen molar-refractivity contribution in [3.05, 3.63) is 34.3 Å². The van der Waals surface area contributed by atoms with E-state index in [9.17, 15) is 9.59 Å². The molecule has 0 saturated carbocycles. The molecular formula is C17H22N4O3. The van der Waals surface area contributed by atoms with E-state index in [1.54, 1.807) is 25.2 Å². The second-order valence-corrected chi connectivity index (χ2v) is 6.56. The van der Waals surface area contributed by atoms with Gasteiger partial charge in [0.25, 0.3) is 5.91 Å². The predicted octanol–water partition coefficient (Wildman–Crippen LogP) is 0.251. The molecule has 2 aliphatic rings. The normalized spacial score (nSPS) is 22.4. The van der Waals surface area contributed by atoms with Gasteiger partial charge in [0.2, 0.25) is 0 Å². The third-order valence-electron chi connectivity index (χ3n) is 5.17. The molecule has 2 fully saturated rings. The Morgan fingerprint density at radius 2 is 2.04 bits per heavy atom. The Morgan fingerprint density at radius 1 is 1.25 bits per heavy atom. The molecule has 7 nitrogen and oxygen atoms in total.